The van der Waals surface area contributed by atoms with Crippen LogP contribution in [0.5, 0.6) is 5.75 Å². The highest BCUT2D eigenvalue weighted by atomic mass is 16.5. The molecule has 144 valence electrons. The molecule has 0 radical (unpaired) electrons. The number of benzene rings is 2. The first-order chi connectivity index (χ1) is 13.3. The van der Waals surface area contributed by atoms with E-state index in [0.717, 1.165) is 40.8 Å². The van der Waals surface area contributed by atoms with Crippen molar-refractivity contribution in [1.82, 2.24) is 9.61 Å². The number of nitrogens with zero attached hydrogens (tertiary/aromatic N) is 2. The summed E-state index contributed by atoms with van der Waals surface area (Å²) in [4.78, 5) is 0. The Morgan fingerprint density at radius 1 is 1.07 bits per heavy atom. The normalized spacial score (nSPS) is 16.6. The van der Waals surface area contributed by atoms with E-state index in [1.165, 1.54) is 10.9 Å². The zero-order chi connectivity index (χ0) is 19.5. The quantitative estimate of drug-likeness (QED) is 0.485. The van der Waals surface area contributed by atoms with Crippen molar-refractivity contribution >= 4 is 27.2 Å². The second-order valence-corrected chi connectivity index (χ2v) is 9.43. The Bertz CT molecular complexity index is 1200. The molecule has 0 N–H and O–H groups in total. The summed E-state index contributed by atoms with van der Waals surface area (Å²) in [5.41, 5.74) is 3.77. The van der Waals surface area contributed by atoms with Gasteiger partial charge in [0.15, 0.2) is 0 Å². The summed E-state index contributed by atoms with van der Waals surface area (Å²) in [5, 5.41) is 8.36. The number of aromatic nitrogens is 2. The minimum absolute atomic E-state index is 0.115. The first kappa shape index (κ1) is 17.5. The first-order valence-corrected chi connectivity index (χ1v) is 9.88. The Labute approximate surface area is 165 Å². The fourth-order valence-corrected chi connectivity index (χ4v) is 3.84. The average molecular weight is 374 g/mol. The molecule has 0 saturated carbocycles. The SMILES string of the molecule is CC1(COc2ccc3c(ccc4c3nn3ccc(C(C)(C)C)cc43)c2)COC1. The summed E-state index contributed by atoms with van der Waals surface area (Å²) >= 11 is 0. The Hall–Kier alpha value is -2.59. The molecule has 3 heterocycles. The van der Waals surface area contributed by atoms with Gasteiger partial charge in [0.2, 0.25) is 0 Å². The molecule has 1 fully saturated rings. The fraction of sp³-hybridized carbons (Fsp3) is 0.375. The van der Waals surface area contributed by atoms with Crippen LogP contribution in [0.2, 0.25) is 0 Å². The van der Waals surface area contributed by atoms with Crippen LogP contribution in [-0.4, -0.2) is 29.4 Å². The third kappa shape index (κ3) is 2.83. The third-order valence-electron chi connectivity index (χ3n) is 5.74. The van der Waals surface area contributed by atoms with Crippen molar-refractivity contribution in [3.8, 4) is 5.75 Å². The maximum Gasteiger partial charge on any atom is 0.119 e. The topological polar surface area (TPSA) is 35.8 Å². The summed E-state index contributed by atoms with van der Waals surface area (Å²) in [6.07, 6.45) is 2.07. The lowest BCUT2D eigenvalue weighted by atomic mass is 9.87. The lowest BCUT2D eigenvalue weighted by Crippen LogP contribution is -2.44. The second-order valence-electron chi connectivity index (χ2n) is 9.43. The van der Waals surface area contributed by atoms with E-state index < -0.39 is 0 Å². The Morgan fingerprint density at radius 3 is 2.57 bits per heavy atom. The summed E-state index contributed by atoms with van der Waals surface area (Å²) < 4.78 is 13.3. The Morgan fingerprint density at radius 2 is 1.86 bits per heavy atom. The molecule has 0 spiro atoms. The van der Waals surface area contributed by atoms with Crippen molar-refractivity contribution in [2.45, 2.75) is 33.1 Å². The van der Waals surface area contributed by atoms with Crippen molar-refractivity contribution in [2.24, 2.45) is 5.41 Å². The van der Waals surface area contributed by atoms with Gasteiger partial charge in [-0.15, -0.1) is 0 Å². The Kier molecular flexibility index (Phi) is 3.72. The lowest BCUT2D eigenvalue weighted by Gasteiger charge is -2.37. The van der Waals surface area contributed by atoms with Crippen molar-refractivity contribution in [2.75, 3.05) is 19.8 Å². The summed E-state index contributed by atoms with van der Waals surface area (Å²) in [6.45, 7) is 11.2. The van der Waals surface area contributed by atoms with Gasteiger partial charge in [0.25, 0.3) is 0 Å². The van der Waals surface area contributed by atoms with E-state index in [4.69, 9.17) is 14.6 Å². The van der Waals surface area contributed by atoms with Gasteiger partial charge in [0.1, 0.15) is 11.3 Å². The van der Waals surface area contributed by atoms with E-state index in [1.807, 2.05) is 4.52 Å². The zero-order valence-electron chi connectivity index (χ0n) is 17.0. The molecule has 4 heteroatoms. The van der Waals surface area contributed by atoms with E-state index in [2.05, 4.69) is 76.4 Å². The van der Waals surface area contributed by atoms with Crippen LogP contribution in [-0.2, 0) is 10.2 Å². The minimum atomic E-state index is 0.115. The summed E-state index contributed by atoms with van der Waals surface area (Å²) in [5.74, 6) is 0.902. The van der Waals surface area contributed by atoms with Crippen LogP contribution in [0, 0.1) is 5.41 Å². The lowest BCUT2D eigenvalue weighted by molar-refractivity contribution is -0.120. The molecule has 0 aliphatic carbocycles. The molecule has 0 atom stereocenters. The molecule has 1 saturated heterocycles. The highest BCUT2D eigenvalue weighted by Crippen LogP contribution is 2.33. The van der Waals surface area contributed by atoms with Gasteiger partial charge in [0, 0.05) is 22.4 Å². The van der Waals surface area contributed by atoms with Crippen LogP contribution < -0.4 is 4.74 Å². The van der Waals surface area contributed by atoms with Crippen LogP contribution in [0.15, 0.2) is 48.7 Å². The highest BCUT2D eigenvalue weighted by Gasteiger charge is 2.34. The predicted octanol–water partition coefficient (Wildman–Crippen LogP) is 5.35. The molecule has 0 unspecified atom stereocenters. The molecule has 28 heavy (non-hydrogen) atoms. The van der Waals surface area contributed by atoms with Crippen molar-refractivity contribution in [1.29, 1.82) is 0 Å². The van der Waals surface area contributed by atoms with E-state index in [-0.39, 0.29) is 10.8 Å². The van der Waals surface area contributed by atoms with E-state index in [9.17, 15) is 0 Å². The predicted molar refractivity (Wildman–Crippen MR) is 113 cm³/mol. The van der Waals surface area contributed by atoms with E-state index in [0.29, 0.717) is 6.61 Å². The maximum absolute atomic E-state index is 6.04. The molecule has 2 aromatic carbocycles. The highest BCUT2D eigenvalue weighted by molar-refractivity contribution is 6.10. The average Bonchev–Trinajstić information content (AvgIpc) is 3.02. The third-order valence-corrected chi connectivity index (χ3v) is 5.74. The van der Waals surface area contributed by atoms with Crippen molar-refractivity contribution < 1.29 is 9.47 Å². The second kappa shape index (κ2) is 5.95. The number of fused-ring (bicyclic) bond motifs is 5. The molecule has 5 rings (SSSR count). The summed E-state index contributed by atoms with van der Waals surface area (Å²) in [7, 11) is 0. The number of ether oxygens (including phenoxy) is 2. The number of hydrogen-bond acceptors (Lipinski definition) is 3. The first-order valence-electron chi connectivity index (χ1n) is 9.88. The summed E-state index contributed by atoms with van der Waals surface area (Å²) in [6, 6.07) is 15.1. The number of pyridine rings is 1. The molecule has 0 bridgehead atoms. The van der Waals surface area contributed by atoms with Gasteiger partial charge in [0.05, 0.1) is 25.3 Å². The molecule has 1 aliphatic rings. The zero-order valence-corrected chi connectivity index (χ0v) is 17.0. The van der Waals surface area contributed by atoms with Gasteiger partial charge in [-0.1, -0.05) is 33.8 Å². The van der Waals surface area contributed by atoms with Crippen LogP contribution in [0.25, 0.3) is 27.2 Å². The van der Waals surface area contributed by atoms with Gasteiger partial charge < -0.3 is 9.47 Å². The van der Waals surface area contributed by atoms with Gasteiger partial charge >= 0.3 is 0 Å². The number of hydrogen-bond donors (Lipinski definition) is 0. The van der Waals surface area contributed by atoms with Crippen LogP contribution in [0.1, 0.15) is 33.3 Å². The molecular weight excluding hydrogens is 348 g/mol. The van der Waals surface area contributed by atoms with Gasteiger partial charge in [-0.3, -0.25) is 0 Å². The van der Waals surface area contributed by atoms with E-state index in [1.54, 1.807) is 0 Å². The van der Waals surface area contributed by atoms with E-state index >= 15 is 0 Å². The molecule has 2 aromatic heterocycles. The van der Waals surface area contributed by atoms with Gasteiger partial charge in [-0.25, -0.2) is 4.52 Å². The van der Waals surface area contributed by atoms with Crippen LogP contribution in [0.3, 0.4) is 0 Å². The molecule has 1 aliphatic heterocycles. The molecular formula is C24H26N2O2. The largest absolute Gasteiger partial charge is 0.493 e. The van der Waals surface area contributed by atoms with Crippen molar-refractivity contribution in [3.05, 3.63) is 54.2 Å². The van der Waals surface area contributed by atoms with Gasteiger partial charge in [-0.05, 0) is 52.8 Å². The van der Waals surface area contributed by atoms with Crippen LogP contribution in [0.4, 0.5) is 0 Å². The molecule has 4 nitrogen and oxygen atoms in total. The smallest absolute Gasteiger partial charge is 0.119 e. The number of rotatable bonds is 3. The standard InChI is InChI=1S/C24H26N2O2/c1-23(2,3)17-9-10-26-21(12-17)20-7-5-16-11-18(6-8-19(16)22(20)25-26)28-15-24(4)13-27-14-24/h5-12H,13-15H2,1-4H3. The minimum Gasteiger partial charge on any atom is -0.493 e. The molecule has 4 aromatic rings. The Balaban J connectivity index is 1.57. The van der Waals surface area contributed by atoms with Gasteiger partial charge in [-0.2, -0.15) is 5.10 Å². The van der Waals surface area contributed by atoms with Crippen molar-refractivity contribution in [3.63, 3.8) is 0 Å². The van der Waals surface area contributed by atoms with Crippen LogP contribution >= 0.6 is 0 Å². The monoisotopic (exact) mass is 374 g/mol. The molecule has 0 amide bonds. The fourth-order valence-electron chi connectivity index (χ4n) is 3.84. The maximum atomic E-state index is 6.04.